The van der Waals surface area contributed by atoms with Gasteiger partial charge in [0.2, 0.25) is 11.8 Å². The molecule has 1 heterocycles. The molecule has 92 valence electrons. The number of nitrogens with zero attached hydrogens (tertiary/aromatic N) is 3. The van der Waals surface area contributed by atoms with Gasteiger partial charge in [0.05, 0.1) is 4.92 Å². The van der Waals surface area contributed by atoms with Crippen molar-refractivity contribution in [1.82, 2.24) is 9.97 Å². The highest BCUT2D eigenvalue weighted by molar-refractivity contribution is 5.75. The fraction of sp³-hybridized carbons (Fsp3) is 0. The van der Waals surface area contributed by atoms with Crippen LogP contribution in [-0.4, -0.2) is 14.9 Å². The van der Waals surface area contributed by atoms with Crippen LogP contribution in [0, 0.1) is 15.9 Å². The fourth-order valence-electron chi connectivity index (χ4n) is 1.45. The van der Waals surface area contributed by atoms with Gasteiger partial charge in [-0.3, -0.25) is 10.1 Å². The van der Waals surface area contributed by atoms with Crippen molar-refractivity contribution in [2.45, 2.75) is 0 Å². The van der Waals surface area contributed by atoms with Crippen LogP contribution in [0.15, 0.2) is 24.4 Å². The molecule has 0 saturated heterocycles. The van der Waals surface area contributed by atoms with E-state index < -0.39 is 16.4 Å². The molecule has 2 aromatic rings. The molecule has 0 unspecified atom stereocenters. The normalized spacial score (nSPS) is 10.3. The highest BCUT2D eigenvalue weighted by atomic mass is 19.1. The first-order chi connectivity index (χ1) is 8.49. The van der Waals surface area contributed by atoms with Crippen molar-refractivity contribution in [3.05, 3.63) is 40.3 Å². The van der Waals surface area contributed by atoms with Crippen LogP contribution in [0.5, 0.6) is 0 Å². The van der Waals surface area contributed by atoms with Gasteiger partial charge < -0.3 is 11.5 Å². The van der Waals surface area contributed by atoms with E-state index in [-0.39, 0.29) is 11.8 Å². The molecule has 0 aliphatic rings. The molecular weight excluding hydrogens is 241 g/mol. The summed E-state index contributed by atoms with van der Waals surface area (Å²) in [5, 5.41) is 10.6. The van der Waals surface area contributed by atoms with E-state index >= 15 is 0 Å². The van der Waals surface area contributed by atoms with Crippen LogP contribution in [0.2, 0.25) is 0 Å². The third-order valence-electron chi connectivity index (χ3n) is 2.29. The average molecular weight is 249 g/mol. The number of nitrogens with two attached hydrogens (primary N) is 2. The summed E-state index contributed by atoms with van der Waals surface area (Å²) < 4.78 is 13.2. The molecule has 0 spiro atoms. The molecule has 0 aliphatic carbocycles. The highest BCUT2D eigenvalue weighted by Crippen LogP contribution is 2.28. The van der Waals surface area contributed by atoms with Crippen molar-refractivity contribution in [3.63, 3.8) is 0 Å². The van der Waals surface area contributed by atoms with Crippen LogP contribution < -0.4 is 11.5 Å². The Kier molecular flexibility index (Phi) is 2.76. The number of halogens is 1. The number of nitrogen functional groups attached to an aromatic ring is 2. The molecule has 0 aliphatic heterocycles. The Balaban J connectivity index is 2.58. The standard InChI is InChI=1S/C10H8FN5O2/c11-7-2-1-5(3-8(7)16(17)18)6-4-14-10(13)15-9(6)12/h1-4H,(H4,12,13,14,15). The quantitative estimate of drug-likeness (QED) is 0.612. The van der Waals surface area contributed by atoms with E-state index in [1.54, 1.807) is 0 Å². The van der Waals surface area contributed by atoms with Gasteiger partial charge >= 0.3 is 5.69 Å². The van der Waals surface area contributed by atoms with E-state index in [9.17, 15) is 14.5 Å². The minimum atomic E-state index is -0.918. The molecule has 0 atom stereocenters. The molecule has 1 aromatic heterocycles. The lowest BCUT2D eigenvalue weighted by Gasteiger charge is -2.05. The first-order valence-electron chi connectivity index (χ1n) is 4.81. The first kappa shape index (κ1) is 11.7. The second-order valence-electron chi connectivity index (χ2n) is 3.45. The zero-order valence-electron chi connectivity index (χ0n) is 9.00. The van der Waals surface area contributed by atoms with E-state index in [1.807, 2.05) is 0 Å². The molecule has 0 bridgehead atoms. The highest BCUT2D eigenvalue weighted by Gasteiger charge is 2.16. The Morgan fingerprint density at radius 2 is 2.06 bits per heavy atom. The van der Waals surface area contributed by atoms with Crippen molar-refractivity contribution in [3.8, 4) is 11.1 Å². The SMILES string of the molecule is Nc1ncc(-c2ccc(F)c([N+](=O)[O-])c2)c(N)n1. The van der Waals surface area contributed by atoms with E-state index in [0.717, 1.165) is 12.1 Å². The van der Waals surface area contributed by atoms with E-state index in [0.29, 0.717) is 11.1 Å². The number of benzene rings is 1. The molecule has 0 radical (unpaired) electrons. The van der Waals surface area contributed by atoms with Crippen molar-refractivity contribution >= 4 is 17.5 Å². The van der Waals surface area contributed by atoms with Crippen LogP contribution in [0.1, 0.15) is 0 Å². The summed E-state index contributed by atoms with van der Waals surface area (Å²) in [6.45, 7) is 0. The van der Waals surface area contributed by atoms with Crippen molar-refractivity contribution < 1.29 is 9.31 Å². The van der Waals surface area contributed by atoms with Gasteiger partial charge in [-0.15, -0.1) is 0 Å². The average Bonchev–Trinajstić information content (AvgIpc) is 2.30. The zero-order chi connectivity index (χ0) is 13.3. The molecule has 4 N–H and O–H groups in total. The van der Waals surface area contributed by atoms with Gasteiger partial charge in [-0.2, -0.15) is 9.37 Å². The van der Waals surface area contributed by atoms with E-state index in [2.05, 4.69) is 9.97 Å². The van der Waals surface area contributed by atoms with Gasteiger partial charge in [-0.25, -0.2) is 4.98 Å². The topological polar surface area (TPSA) is 121 Å². The number of nitro benzene ring substituents is 1. The Bertz CT molecular complexity index is 632. The lowest BCUT2D eigenvalue weighted by atomic mass is 10.1. The maximum Gasteiger partial charge on any atom is 0.305 e. The number of hydrogen-bond acceptors (Lipinski definition) is 6. The maximum absolute atomic E-state index is 13.2. The summed E-state index contributed by atoms with van der Waals surface area (Å²) in [5.41, 5.74) is 11.0. The monoisotopic (exact) mass is 249 g/mol. The van der Waals surface area contributed by atoms with Crippen LogP contribution in [0.3, 0.4) is 0 Å². The van der Waals surface area contributed by atoms with E-state index in [1.165, 1.54) is 12.3 Å². The van der Waals surface area contributed by atoms with Crippen molar-refractivity contribution in [1.29, 1.82) is 0 Å². The van der Waals surface area contributed by atoms with Gasteiger partial charge in [0.1, 0.15) is 5.82 Å². The number of anilines is 2. The van der Waals surface area contributed by atoms with Crippen LogP contribution in [0.4, 0.5) is 21.8 Å². The molecule has 1 aromatic carbocycles. The first-order valence-corrected chi connectivity index (χ1v) is 4.81. The molecule has 2 rings (SSSR count). The molecule has 18 heavy (non-hydrogen) atoms. The Hall–Kier alpha value is -2.77. The summed E-state index contributed by atoms with van der Waals surface area (Å²) in [6, 6.07) is 3.41. The predicted octanol–water partition coefficient (Wildman–Crippen LogP) is 1.36. The van der Waals surface area contributed by atoms with Crippen molar-refractivity contribution in [2.75, 3.05) is 11.5 Å². The zero-order valence-corrected chi connectivity index (χ0v) is 9.00. The minimum absolute atomic E-state index is 0.00661. The van der Waals surface area contributed by atoms with Crippen molar-refractivity contribution in [2.24, 2.45) is 0 Å². The van der Waals surface area contributed by atoms with Crippen LogP contribution >= 0.6 is 0 Å². The molecule has 8 heteroatoms. The number of rotatable bonds is 2. The van der Waals surface area contributed by atoms with Gasteiger partial charge in [0.25, 0.3) is 0 Å². The largest absolute Gasteiger partial charge is 0.383 e. The lowest BCUT2D eigenvalue weighted by molar-refractivity contribution is -0.387. The van der Waals surface area contributed by atoms with Gasteiger partial charge in [-0.1, -0.05) is 6.07 Å². The molecule has 7 nitrogen and oxygen atoms in total. The maximum atomic E-state index is 13.2. The van der Waals surface area contributed by atoms with Gasteiger partial charge in [-0.05, 0) is 11.6 Å². The fourth-order valence-corrected chi connectivity index (χ4v) is 1.45. The summed E-state index contributed by atoms with van der Waals surface area (Å²) in [7, 11) is 0. The predicted molar refractivity (Wildman–Crippen MR) is 62.9 cm³/mol. The third-order valence-corrected chi connectivity index (χ3v) is 2.29. The van der Waals surface area contributed by atoms with Gasteiger partial charge in [0, 0.05) is 17.8 Å². The Labute approximate surface area is 100 Å². The minimum Gasteiger partial charge on any atom is -0.383 e. The van der Waals surface area contributed by atoms with E-state index in [4.69, 9.17) is 11.5 Å². The molecular formula is C10H8FN5O2. The van der Waals surface area contributed by atoms with Crippen LogP contribution in [0.25, 0.3) is 11.1 Å². The number of aromatic nitrogens is 2. The summed E-state index contributed by atoms with van der Waals surface area (Å²) in [4.78, 5) is 17.3. The second kappa shape index (κ2) is 4.24. The summed E-state index contributed by atoms with van der Waals surface area (Å²) in [6.07, 6.45) is 1.33. The third kappa shape index (κ3) is 2.03. The lowest BCUT2D eigenvalue weighted by Crippen LogP contribution is -2.01. The molecule has 0 fully saturated rings. The number of hydrogen-bond donors (Lipinski definition) is 2. The number of nitro groups is 1. The summed E-state index contributed by atoms with van der Waals surface area (Å²) >= 11 is 0. The Morgan fingerprint density at radius 1 is 1.33 bits per heavy atom. The Morgan fingerprint density at radius 3 is 2.67 bits per heavy atom. The molecule has 0 saturated carbocycles. The second-order valence-corrected chi connectivity index (χ2v) is 3.45. The molecule has 0 amide bonds. The summed E-state index contributed by atoms with van der Waals surface area (Å²) in [5.74, 6) is -0.852. The smallest absolute Gasteiger partial charge is 0.305 e. The van der Waals surface area contributed by atoms with Crippen LogP contribution in [-0.2, 0) is 0 Å². The van der Waals surface area contributed by atoms with Gasteiger partial charge in [0.15, 0.2) is 0 Å².